The second-order valence-electron chi connectivity index (χ2n) is 7.08. The van der Waals surface area contributed by atoms with Crippen LogP contribution in [-0.4, -0.2) is 74.4 Å². The third kappa shape index (κ3) is 3.48. The second kappa shape index (κ2) is 7.95. The molecule has 0 saturated carbocycles. The number of carbonyl (C=O) groups excluding carboxylic acids is 2. The van der Waals surface area contributed by atoms with Crippen LogP contribution in [-0.2, 0) is 4.74 Å². The van der Waals surface area contributed by atoms with E-state index >= 15 is 0 Å². The van der Waals surface area contributed by atoms with E-state index in [-0.39, 0.29) is 31.4 Å². The number of benzene rings is 1. The Labute approximate surface area is 169 Å². The zero-order chi connectivity index (χ0) is 21.4. The van der Waals surface area contributed by atoms with Crippen LogP contribution in [0.1, 0.15) is 26.9 Å². The van der Waals surface area contributed by atoms with Crippen LogP contribution in [0.2, 0.25) is 0 Å². The van der Waals surface area contributed by atoms with Crippen LogP contribution in [0, 0.1) is 0 Å². The fraction of sp³-hybridized carbons (Fsp3) is 0.368. The van der Waals surface area contributed by atoms with Gasteiger partial charge in [0.05, 0.1) is 11.1 Å². The molecule has 11 nitrogen and oxygen atoms in total. The van der Waals surface area contributed by atoms with Gasteiger partial charge < -0.3 is 20.3 Å². The molecule has 1 aromatic heterocycles. The number of rotatable bonds is 6. The number of hydrogen-bond acceptors (Lipinski definition) is 8. The molecule has 0 aliphatic carbocycles. The molecule has 11 heteroatoms. The molecule has 1 fully saturated rings. The minimum atomic E-state index is -1.38. The lowest BCUT2D eigenvalue weighted by Crippen LogP contribution is -2.41. The van der Waals surface area contributed by atoms with Crippen LogP contribution in [0.5, 0.6) is 0 Å². The maximum absolute atomic E-state index is 12.3. The Hall–Kier alpha value is -3.12. The highest BCUT2D eigenvalue weighted by Gasteiger charge is 2.44. The van der Waals surface area contributed by atoms with E-state index in [1.807, 2.05) is 0 Å². The Morgan fingerprint density at radius 3 is 2.30 bits per heavy atom. The number of nitrogens with zero attached hydrogens (tertiary/aromatic N) is 2. The van der Waals surface area contributed by atoms with E-state index in [9.17, 15) is 29.4 Å². The van der Waals surface area contributed by atoms with Crippen LogP contribution in [0.25, 0.3) is 0 Å². The van der Waals surface area contributed by atoms with E-state index in [0.29, 0.717) is 11.1 Å². The van der Waals surface area contributed by atoms with Crippen molar-refractivity contribution in [2.24, 2.45) is 0 Å². The summed E-state index contributed by atoms with van der Waals surface area (Å²) in [6.45, 7) is 0.480. The normalized spacial score (nSPS) is 25.7. The summed E-state index contributed by atoms with van der Waals surface area (Å²) in [6.07, 6.45) is -3.48. The molecule has 2 amide bonds. The number of H-pyrrole nitrogens is 1. The first-order valence-corrected chi connectivity index (χ1v) is 9.37. The first-order chi connectivity index (χ1) is 14.4. The van der Waals surface area contributed by atoms with Crippen LogP contribution >= 0.6 is 0 Å². The molecule has 2 aromatic rings. The Bertz CT molecular complexity index is 1060. The predicted molar refractivity (Wildman–Crippen MR) is 102 cm³/mol. The van der Waals surface area contributed by atoms with Gasteiger partial charge in [0.25, 0.3) is 17.4 Å². The molecule has 30 heavy (non-hydrogen) atoms. The summed E-state index contributed by atoms with van der Waals surface area (Å²) >= 11 is 0. The lowest BCUT2D eigenvalue weighted by Gasteiger charge is -2.18. The fourth-order valence-corrected chi connectivity index (χ4v) is 3.63. The van der Waals surface area contributed by atoms with Gasteiger partial charge in [-0.3, -0.25) is 28.8 Å². The zero-order valence-corrected chi connectivity index (χ0v) is 15.7. The lowest BCUT2D eigenvalue weighted by atomic mass is 10.1. The van der Waals surface area contributed by atoms with Crippen molar-refractivity contribution in [1.82, 2.24) is 19.8 Å². The Morgan fingerprint density at radius 1 is 1.00 bits per heavy atom. The molecule has 0 radical (unpaired) electrons. The van der Waals surface area contributed by atoms with Crippen LogP contribution in [0.4, 0.5) is 0 Å². The topological polar surface area (TPSA) is 154 Å². The van der Waals surface area contributed by atoms with Crippen LogP contribution in [0.3, 0.4) is 0 Å². The summed E-state index contributed by atoms with van der Waals surface area (Å²) in [7, 11) is 0. The van der Waals surface area contributed by atoms with Gasteiger partial charge in [0.2, 0.25) is 0 Å². The molecule has 2 aliphatic rings. The molecular weight excluding hydrogens is 396 g/mol. The summed E-state index contributed by atoms with van der Waals surface area (Å²) in [5.41, 5.74) is -0.614. The average molecular weight is 416 g/mol. The fourth-order valence-electron chi connectivity index (χ4n) is 3.63. The van der Waals surface area contributed by atoms with Crippen molar-refractivity contribution >= 4 is 11.8 Å². The molecule has 4 rings (SSSR count). The Kier molecular flexibility index (Phi) is 5.35. The molecule has 0 bridgehead atoms. The quantitative estimate of drug-likeness (QED) is 0.313. The van der Waals surface area contributed by atoms with Gasteiger partial charge in [-0.2, -0.15) is 0 Å². The number of aromatic nitrogens is 2. The van der Waals surface area contributed by atoms with Gasteiger partial charge in [0.1, 0.15) is 18.3 Å². The SMILES string of the molecule is O=C1c2ccccc2C(=O)N1CCNC[C@H]1O[C@@H](n2ccc(=O)[nH]c2=O)[C@@H](O)C1O. The van der Waals surface area contributed by atoms with E-state index in [1.54, 1.807) is 24.3 Å². The van der Waals surface area contributed by atoms with Gasteiger partial charge >= 0.3 is 5.69 Å². The summed E-state index contributed by atoms with van der Waals surface area (Å²) in [4.78, 5) is 50.9. The number of ether oxygens (including phenoxy) is 1. The minimum Gasteiger partial charge on any atom is -0.387 e. The summed E-state index contributed by atoms with van der Waals surface area (Å²) < 4.78 is 6.58. The molecule has 1 unspecified atom stereocenters. The minimum absolute atomic E-state index is 0.107. The number of amides is 2. The highest BCUT2D eigenvalue weighted by Crippen LogP contribution is 2.28. The first-order valence-electron chi connectivity index (χ1n) is 9.37. The van der Waals surface area contributed by atoms with Gasteiger partial charge in [0, 0.05) is 31.9 Å². The van der Waals surface area contributed by atoms with Crippen LogP contribution < -0.4 is 16.6 Å². The number of carbonyl (C=O) groups is 2. The van der Waals surface area contributed by atoms with Gasteiger partial charge in [-0.15, -0.1) is 0 Å². The molecular formula is C19H20N4O7. The number of hydrogen-bond donors (Lipinski definition) is 4. The van der Waals surface area contributed by atoms with Gasteiger partial charge in [0.15, 0.2) is 6.23 Å². The Balaban J connectivity index is 1.33. The van der Waals surface area contributed by atoms with Crippen molar-refractivity contribution in [3.63, 3.8) is 0 Å². The maximum Gasteiger partial charge on any atom is 0.330 e. The number of aliphatic hydroxyl groups is 2. The van der Waals surface area contributed by atoms with E-state index in [2.05, 4.69) is 10.3 Å². The van der Waals surface area contributed by atoms with E-state index in [4.69, 9.17) is 4.74 Å². The average Bonchev–Trinajstić information content (AvgIpc) is 3.14. The zero-order valence-electron chi connectivity index (χ0n) is 15.7. The highest BCUT2D eigenvalue weighted by molar-refractivity contribution is 6.21. The molecule has 1 aromatic carbocycles. The van der Waals surface area contributed by atoms with Crippen molar-refractivity contribution in [3.8, 4) is 0 Å². The van der Waals surface area contributed by atoms with E-state index in [0.717, 1.165) is 15.5 Å². The molecule has 2 aliphatic heterocycles. The standard InChI is InChI=1S/C19H20N4O7/c24-13-5-7-23(19(29)21-13)18-15(26)14(25)12(30-18)9-20-6-8-22-16(27)10-3-1-2-4-11(10)17(22)28/h1-5,7,12,14-15,18,20,25-26H,6,8-9H2,(H,21,24,29)/t12-,14?,15+,18-/m1/s1. The van der Waals surface area contributed by atoms with E-state index in [1.165, 1.54) is 6.20 Å². The van der Waals surface area contributed by atoms with Gasteiger partial charge in [-0.05, 0) is 12.1 Å². The van der Waals surface area contributed by atoms with Crippen molar-refractivity contribution < 1.29 is 24.5 Å². The number of aromatic amines is 1. The smallest absolute Gasteiger partial charge is 0.330 e. The maximum atomic E-state index is 12.3. The Morgan fingerprint density at radius 2 is 1.67 bits per heavy atom. The predicted octanol–water partition coefficient (Wildman–Crippen LogP) is -1.96. The summed E-state index contributed by atoms with van der Waals surface area (Å²) in [5.74, 6) is -0.718. The van der Waals surface area contributed by atoms with Crippen molar-refractivity contribution in [1.29, 1.82) is 0 Å². The molecule has 4 atom stereocenters. The summed E-state index contributed by atoms with van der Waals surface area (Å²) in [6, 6.07) is 7.70. The monoisotopic (exact) mass is 416 g/mol. The van der Waals surface area contributed by atoms with E-state index < -0.39 is 35.8 Å². The lowest BCUT2D eigenvalue weighted by molar-refractivity contribution is -0.0391. The van der Waals surface area contributed by atoms with Crippen molar-refractivity contribution in [2.45, 2.75) is 24.5 Å². The largest absolute Gasteiger partial charge is 0.387 e. The van der Waals surface area contributed by atoms with Gasteiger partial charge in [-0.25, -0.2) is 4.79 Å². The molecule has 4 N–H and O–H groups in total. The first kappa shape index (κ1) is 20.2. The number of imide groups is 1. The summed E-state index contributed by atoms with van der Waals surface area (Å²) in [5, 5.41) is 23.4. The van der Waals surface area contributed by atoms with Gasteiger partial charge in [-0.1, -0.05) is 12.1 Å². The molecule has 0 spiro atoms. The third-order valence-electron chi connectivity index (χ3n) is 5.20. The number of fused-ring (bicyclic) bond motifs is 1. The second-order valence-corrected chi connectivity index (χ2v) is 7.08. The van der Waals surface area contributed by atoms with Crippen LogP contribution in [0.15, 0.2) is 46.1 Å². The van der Waals surface area contributed by atoms with Crippen molar-refractivity contribution in [3.05, 3.63) is 68.5 Å². The van der Waals surface area contributed by atoms with Crippen molar-refractivity contribution in [2.75, 3.05) is 19.6 Å². The number of nitrogens with one attached hydrogen (secondary N) is 2. The molecule has 3 heterocycles. The third-order valence-corrected chi connectivity index (χ3v) is 5.20. The highest BCUT2D eigenvalue weighted by atomic mass is 16.6. The molecule has 158 valence electrons. The number of aliphatic hydroxyl groups excluding tert-OH is 2. The molecule has 1 saturated heterocycles.